The molecule has 0 aromatic heterocycles. The third-order valence-corrected chi connectivity index (χ3v) is 7.16. The smallest absolute Gasteiger partial charge is 0.243 e. The number of benzene rings is 2. The Bertz CT molecular complexity index is 857. The predicted molar refractivity (Wildman–Crippen MR) is 97.2 cm³/mol. The van der Waals surface area contributed by atoms with Crippen LogP contribution in [-0.2, 0) is 16.4 Å². The van der Waals surface area contributed by atoms with E-state index in [-0.39, 0.29) is 12.1 Å². The number of sulfonamides is 1. The summed E-state index contributed by atoms with van der Waals surface area (Å²) >= 11 is 0. The SMILES string of the molecule is COc1ccc(S(=O)(=O)N(C2CC2)C2CCCc3ccccc32)cc1. The second-order valence-electron chi connectivity index (χ2n) is 6.85. The Hall–Kier alpha value is -1.85. The molecule has 0 heterocycles. The van der Waals surface area contributed by atoms with E-state index >= 15 is 0 Å². The van der Waals surface area contributed by atoms with Crippen LogP contribution >= 0.6 is 0 Å². The van der Waals surface area contributed by atoms with E-state index in [4.69, 9.17) is 4.74 Å². The van der Waals surface area contributed by atoms with Crippen LogP contribution in [0, 0.1) is 0 Å². The molecule has 0 radical (unpaired) electrons. The molecule has 1 unspecified atom stereocenters. The van der Waals surface area contributed by atoms with Crippen LogP contribution in [0.1, 0.15) is 42.9 Å². The molecule has 0 spiro atoms. The average molecular weight is 357 g/mol. The summed E-state index contributed by atoms with van der Waals surface area (Å²) in [5.74, 6) is 0.667. The zero-order valence-electron chi connectivity index (χ0n) is 14.4. The third kappa shape index (κ3) is 3.07. The van der Waals surface area contributed by atoms with Crippen molar-refractivity contribution in [2.45, 2.75) is 49.1 Å². The lowest BCUT2D eigenvalue weighted by molar-refractivity contribution is 0.286. The van der Waals surface area contributed by atoms with Crippen molar-refractivity contribution in [2.75, 3.05) is 7.11 Å². The number of aryl methyl sites for hydroxylation is 1. The molecule has 2 aromatic rings. The highest BCUT2D eigenvalue weighted by atomic mass is 32.2. The fourth-order valence-corrected chi connectivity index (χ4v) is 5.69. The van der Waals surface area contributed by atoms with Gasteiger partial charge in [0.2, 0.25) is 10.0 Å². The van der Waals surface area contributed by atoms with E-state index in [2.05, 4.69) is 12.1 Å². The highest BCUT2D eigenvalue weighted by Crippen LogP contribution is 2.44. The lowest BCUT2D eigenvalue weighted by Gasteiger charge is -2.35. The van der Waals surface area contributed by atoms with Gasteiger partial charge in [0, 0.05) is 6.04 Å². The lowest BCUT2D eigenvalue weighted by Crippen LogP contribution is -2.38. The van der Waals surface area contributed by atoms with Crippen LogP contribution in [0.25, 0.3) is 0 Å². The van der Waals surface area contributed by atoms with E-state index in [1.807, 2.05) is 12.1 Å². The first-order valence-corrected chi connectivity index (χ1v) is 10.3. The highest BCUT2D eigenvalue weighted by molar-refractivity contribution is 7.89. The maximum Gasteiger partial charge on any atom is 0.243 e. The molecule has 1 atom stereocenters. The molecule has 0 bridgehead atoms. The zero-order chi connectivity index (χ0) is 17.4. The number of nitrogens with zero attached hydrogens (tertiary/aromatic N) is 1. The number of fused-ring (bicyclic) bond motifs is 1. The molecule has 1 fully saturated rings. The fourth-order valence-electron chi connectivity index (χ4n) is 3.81. The maximum atomic E-state index is 13.4. The number of rotatable bonds is 5. The normalized spacial score (nSPS) is 20.3. The molecule has 132 valence electrons. The van der Waals surface area contributed by atoms with E-state index in [0.29, 0.717) is 10.6 Å². The van der Waals surface area contributed by atoms with Crippen LogP contribution in [0.4, 0.5) is 0 Å². The number of methoxy groups -OCH3 is 1. The van der Waals surface area contributed by atoms with Crippen LogP contribution < -0.4 is 4.74 Å². The van der Waals surface area contributed by atoms with Gasteiger partial charge in [-0.1, -0.05) is 24.3 Å². The molecule has 0 saturated heterocycles. The molecule has 2 aromatic carbocycles. The molecule has 0 amide bonds. The van der Waals surface area contributed by atoms with Gasteiger partial charge in [-0.25, -0.2) is 8.42 Å². The van der Waals surface area contributed by atoms with Crippen molar-refractivity contribution in [3.8, 4) is 5.75 Å². The van der Waals surface area contributed by atoms with E-state index in [1.165, 1.54) is 11.1 Å². The van der Waals surface area contributed by atoms with Gasteiger partial charge in [-0.2, -0.15) is 4.31 Å². The van der Waals surface area contributed by atoms with Crippen LogP contribution in [0.15, 0.2) is 53.4 Å². The molecular weight excluding hydrogens is 334 g/mol. The first-order valence-electron chi connectivity index (χ1n) is 8.86. The van der Waals surface area contributed by atoms with Crippen molar-refractivity contribution >= 4 is 10.0 Å². The largest absolute Gasteiger partial charge is 0.497 e. The Morgan fingerprint density at radius 3 is 2.40 bits per heavy atom. The Morgan fingerprint density at radius 2 is 1.72 bits per heavy atom. The first-order chi connectivity index (χ1) is 12.1. The second-order valence-corrected chi connectivity index (χ2v) is 8.69. The van der Waals surface area contributed by atoms with Gasteiger partial charge in [0.15, 0.2) is 0 Å². The molecule has 1 saturated carbocycles. The van der Waals surface area contributed by atoms with Crippen molar-refractivity contribution in [3.63, 3.8) is 0 Å². The Morgan fingerprint density at radius 1 is 1.00 bits per heavy atom. The molecular formula is C20H23NO3S. The minimum Gasteiger partial charge on any atom is -0.497 e. The lowest BCUT2D eigenvalue weighted by atomic mass is 9.87. The van der Waals surface area contributed by atoms with Gasteiger partial charge in [-0.05, 0) is 67.5 Å². The van der Waals surface area contributed by atoms with Crippen LogP contribution in [0.5, 0.6) is 5.75 Å². The molecule has 4 nitrogen and oxygen atoms in total. The molecule has 0 aliphatic heterocycles. The standard InChI is InChI=1S/C20H23NO3S/c1-24-17-11-13-18(14-12-17)25(22,23)21(16-9-10-16)20-8-4-6-15-5-2-3-7-19(15)20/h2-3,5,7,11-14,16,20H,4,6,8-10H2,1H3. The highest BCUT2D eigenvalue weighted by Gasteiger charge is 2.44. The predicted octanol–water partition coefficient (Wildman–Crippen LogP) is 3.93. The average Bonchev–Trinajstić information content (AvgIpc) is 3.47. The van der Waals surface area contributed by atoms with Gasteiger partial charge in [-0.3, -0.25) is 0 Å². The molecule has 2 aliphatic carbocycles. The number of ether oxygens (including phenoxy) is 1. The number of hydrogen-bond donors (Lipinski definition) is 0. The summed E-state index contributed by atoms with van der Waals surface area (Å²) in [5.41, 5.74) is 2.46. The Balaban J connectivity index is 1.75. The molecule has 4 rings (SSSR count). The van der Waals surface area contributed by atoms with Gasteiger partial charge in [0.25, 0.3) is 0 Å². The third-order valence-electron chi connectivity index (χ3n) is 5.19. The van der Waals surface area contributed by atoms with Crippen molar-refractivity contribution in [3.05, 3.63) is 59.7 Å². The summed E-state index contributed by atoms with van der Waals surface area (Å²) in [7, 11) is -1.95. The minimum atomic E-state index is -3.53. The van der Waals surface area contributed by atoms with Crippen LogP contribution in [0.3, 0.4) is 0 Å². The van der Waals surface area contributed by atoms with Gasteiger partial charge in [0.1, 0.15) is 5.75 Å². The summed E-state index contributed by atoms with van der Waals surface area (Å²) in [6, 6.07) is 15.1. The van der Waals surface area contributed by atoms with E-state index in [9.17, 15) is 8.42 Å². The summed E-state index contributed by atoms with van der Waals surface area (Å²) in [6.07, 6.45) is 4.86. The second kappa shape index (κ2) is 6.46. The van der Waals surface area contributed by atoms with Gasteiger partial charge < -0.3 is 4.74 Å². The summed E-state index contributed by atoms with van der Waals surface area (Å²) < 4.78 is 33.8. The molecule has 2 aliphatic rings. The van der Waals surface area contributed by atoms with Crippen LogP contribution in [0.2, 0.25) is 0 Å². The molecule has 5 heteroatoms. The first kappa shape index (κ1) is 16.6. The number of hydrogen-bond acceptors (Lipinski definition) is 3. The van der Waals surface area contributed by atoms with Crippen molar-refractivity contribution in [1.82, 2.24) is 4.31 Å². The quantitative estimate of drug-likeness (QED) is 0.815. The summed E-state index contributed by atoms with van der Waals surface area (Å²) in [4.78, 5) is 0.350. The van der Waals surface area contributed by atoms with Gasteiger partial charge in [-0.15, -0.1) is 0 Å². The van der Waals surface area contributed by atoms with E-state index in [1.54, 1.807) is 35.7 Å². The minimum absolute atomic E-state index is 0.0513. The topological polar surface area (TPSA) is 46.6 Å². The molecule has 0 N–H and O–H groups in total. The fraction of sp³-hybridized carbons (Fsp3) is 0.400. The summed E-state index contributed by atoms with van der Waals surface area (Å²) in [5, 5.41) is 0. The van der Waals surface area contributed by atoms with Gasteiger partial charge >= 0.3 is 0 Å². The van der Waals surface area contributed by atoms with Crippen LogP contribution in [-0.4, -0.2) is 25.9 Å². The maximum absolute atomic E-state index is 13.4. The van der Waals surface area contributed by atoms with Crippen molar-refractivity contribution in [1.29, 1.82) is 0 Å². The summed E-state index contributed by atoms with van der Waals surface area (Å²) in [6.45, 7) is 0. The van der Waals surface area contributed by atoms with Crippen molar-refractivity contribution < 1.29 is 13.2 Å². The van der Waals surface area contributed by atoms with E-state index in [0.717, 1.165) is 32.1 Å². The zero-order valence-corrected chi connectivity index (χ0v) is 15.2. The van der Waals surface area contributed by atoms with E-state index < -0.39 is 10.0 Å². The Labute approximate surface area is 149 Å². The molecule has 25 heavy (non-hydrogen) atoms. The van der Waals surface area contributed by atoms with Gasteiger partial charge in [0.05, 0.1) is 18.0 Å². The Kier molecular flexibility index (Phi) is 4.29. The van der Waals surface area contributed by atoms with Crippen molar-refractivity contribution in [2.24, 2.45) is 0 Å². The monoisotopic (exact) mass is 357 g/mol.